The molecule has 2 N–H and O–H groups in total. The van der Waals surface area contributed by atoms with Gasteiger partial charge in [0.1, 0.15) is 5.76 Å². The normalized spacial score (nSPS) is 14.1. The molecule has 0 aromatic carbocycles. The van der Waals surface area contributed by atoms with Gasteiger partial charge in [0.2, 0.25) is 0 Å². The summed E-state index contributed by atoms with van der Waals surface area (Å²) in [5, 5.41) is 0. The predicted octanol–water partition coefficient (Wildman–Crippen LogP) is 2.40. The van der Waals surface area contributed by atoms with Crippen LogP contribution >= 0.6 is 15.9 Å². The van der Waals surface area contributed by atoms with Gasteiger partial charge in [-0.25, -0.2) is 0 Å². The first-order valence-electron chi connectivity index (χ1n) is 3.37. The van der Waals surface area contributed by atoms with Crippen LogP contribution in [0.1, 0.15) is 12.7 Å². The van der Waals surface area contributed by atoms with Crippen molar-refractivity contribution >= 4 is 22.0 Å². The largest absolute Gasteiger partial charge is 0.464 e. The van der Waals surface area contributed by atoms with Crippen LogP contribution in [0.5, 0.6) is 0 Å². The lowest BCUT2D eigenvalue weighted by molar-refractivity contribution is 0.555. The van der Waals surface area contributed by atoms with E-state index in [0.29, 0.717) is 0 Å². The zero-order valence-corrected chi connectivity index (χ0v) is 7.84. The molecule has 3 heteroatoms. The van der Waals surface area contributed by atoms with Crippen LogP contribution in [0, 0.1) is 0 Å². The molecule has 0 aliphatic rings. The van der Waals surface area contributed by atoms with E-state index in [1.54, 1.807) is 6.26 Å². The summed E-state index contributed by atoms with van der Waals surface area (Å²) in [4.78, 5) is 0. The maximum Gasteiger partial charge on any atom is 0.140 e. The fourth-order valence-corrected chi connectivity index (χ4v) is 0.997. The van der Waals surface area contributed by atoms with E-state index >= 15 is 0 Å². The molecular weight excluding hydrogens is 206 g/mol. The van der Waals surface area contributed by atoms with E-state index in [4.69, 9.17) is 10.2 Å². The third-order valence-corrected chi connectivity index (χ3v) is 1.85. The summed E-state index contributed by atoms with van der Waals surface area (Å²) in [6.45, 7) is 1.91. The Morgan fingerprint density at radius 3 is 2.91 bits per heavy atom. The van der Waals surface area contributed by atoms with Gasteiger partial charge in [-0.3, -0.25) is 0 Å². The van der Waals surface area contributed by atoms with Crippen LogP contribution in [-0.4, -0.2) is 6.04 Å². The highest BCUT2D eigenvalue weighted by molar-refractivity contribution is 9.10. The lowest BCUT2D eigenvalue weighted by Crippen LogP contribution is -2.09. The molecule has 0 aliphatic heterocycles. The molecule has 11 heavy (non-hydrogen) atoms. The molecule has 0 radical (unpaired) electrons. The third kappa shape index (κ3) is 2.52. The second-order valence-electron chi connectivity index (χ2n) is 2.35. The van der Waals surface area contributed by atoms with E-state index in [-0.39, 0.29) is 6.04 Å². The van der Waals surface area contributed by atoms with E-state index in [1.807, 2.05) is 25.1 Å². The molecule has 2 nitrogen and oxygen atoms in total. The Kier molecular flexibility index (Phi) is 2.91. The molecule has 0 amide bonds. The number of hydrogen-bond donors (Lipinski definition) is 1. The minimum atomic E-state index is 0.0620. The third-order valence-electron chi connectivity index (χ3n) is 1.20. The molecule has 0 bridgehead atoms. The summed E-state index contributed by atoms with van der Waals surface area (Å²) in [6, 6.07) is 1.91. The molecule has 1 aromatic heterocycles. The van der Waals surface area contributed by atoms with Crippen molar-refractivity contribution < 1.29 is 4.42 Å². The highest BCUT2D eigenvalue weighted by Crippen LogP contribution is 2.18. The van der Waals surface area contributed by atoms with Gasteiger partial charge in [0, 0.05) is 6.04 Å². The lowest BCUT2D eigenvalue weighted by atomic mass is 10.3. The summed E-state index contributed by atoms with van der Waals surface area (Å²) in [7, 11) is 0. The number of hydrogen-bond acceptors (Lipinski definition) is 2. The molecule has 0 fully saturated rings. The first kappa shape index (κ1) is 8.56. The Labute approximate surface area is 74.2 Å². The molecule has 0 aliphatic carbocycles. The topological polar surface area (TPSA) is 39.2 Å². The van der Waals surface area contributed by atoms with Crippen LogP contribution in [0.25, 0.3) is 6.08 Å². The first-order valence-corrected chi connectivity index (χ1v) is 4.16. The molecule has 1 heterocycles. The van der Waals surface area contributed by atoms with Gasteiger partial charge in [-0.2, -0.15) is 0 Å². The number of nitrogens with two attached hydrogens (primary N) is 1. The number of rotatable bonds is 2. The van der Waals surface area contributed by atoms with Crippen molar-refractivity contribution in [3.63, 3.8) is 0 Å². The van der Waals surface area contributed by atoms with E-state index in [0.717, 1.165) is 10.2 Å². The van der Waals surface area contributed by atoms with Gasteiger partial charge < -0.3 is 10.2 Å². The lowest BCUT2D eigenvalue weighted by Gasteiger charge is -1.92. The van der Waals surface area contributed by atoms with Gasteiger partial charge in [-0.1, -0.05) is 6.08 Å². The van der Waals surface area contributed by atoms with Crippen molar-refractivity contribution in [3.05, 3.63) is 28.6 Å². The monoisotopic (exact) mass is 215 g/mol. The van der Waals surface area contributed by atoms with Crippen molar-refractivity contribution in [3.8, 4) is 0 Å². The molecule has 0 saturated carbocycles. The molecular formula is C8H10BrNO. The Balaban J connectivity index is 2.71. The van der Waals surface area contributed by atoms with Gasteiger partial charge in [-0.05, 0) is 35.0 Å². The zero-order chi connectivity index (χ0) is 8.27. The highest BCUT2D eigenvalue weighted by atomic mass is 79.9. The molecule has 0 spiro atoms. The Hall–Kier alpha value is -0.540. The fraction of sp³-hybridized carbons (Fsp3) is 0.250. The van der Waals surface area contributed by atoms with E-state index in [1.165, 1.54) is 0 Å². The van der Waals surface area contributed by atoms with Crippen LogP contribution in [0.15, 0.2) is 27.3 Å². The minimum Gasteiger partial charge on any atom is -0.464 e. The number of halogens is 1. The van der Waals surface area contributed by atoms with E-state index < -0.39 is 0 Å². The maximum atomic E-state index is 5.52. The predicted molar refractivity (Wildman–Crippen MR) is 49.1 cm³/mol. The maximum absolute atomic E-state index is 5.52. The summed E-state index contributed by atoms with van der Waals surface area (Å²) < 4.78 is 6.08. The van der Waals surface area contributed by atoms with Crippen molar-refractivity contribution in [2.45, 2.75) is 13.0 Å². The van der Waals surface area contributed by atoms with Gasteiger partial charge in [0.05, 0.1) is 10.7 Å². The standard InChI is InChI=1S/C8H10BrNO/c1-6(10)2-3-8-7(9)4-5-11-8/h2-6H,10H2,1H3/b3-2+. The molecule has 1 aromatic rings. The Morgan fingerprint density at radius 1 is 1.73 bits per heavy atom. The SMILES string of the molecule is CC(N)/C=C/c1occc1Br. The minimum absolute atomic E-state index is 0.0620. The second kappa shape index (κ2) is 3.74. The fourth-order valence-electron chi connectivity index (χ4n) is 0.664. The van der Waals surface area contributed by atoms with Crippen LogP contribution in [-0.2, 0) is 0 Å². The molecule has 0 saturated heterocycles. The quantitative estimate of drug-likeness (QED) is 0.824. The van der Waals surface area contributed by atoms with E-state index in [2.05, 4.69) is 15.9 Å². The van der Waals surface area contributed by atoms with Crippen LogP contribution in [0.3, 0.4) is 0 Å². The number of furan rings is 1. The van der Waals surface area contributed by atoms with Gasteiger partial charge >= 0.3 is 0 Å². The van der Waals surface area contributed by atoms with Crippen LogP contribution < -0.4 is 5.73 Å². The second-order valence-corrected chi connectivity index (χ2v) is 3.21. The summed E-state index contributed by atoms with van der Waals surface area (Å²) in [6.07, 6.45) is 5.36. The molecule has 60 valence electrons. The van der Waals surface area contributed by atoms with E-state index in [9.17, 15) is 0 Å². The summed E-state index contributed by atoms with van der Waals surface area (Å²) in [5.41, 5.74) is 5.52. The smallest absolute Gasteiger partial charge is 0.140 e. The van der Waals surface area contributed by atoms with Gasteiger partial charge in [-0.15, -0.1) is 0 Å². The molecule has 1 atom stereocenters. The van der Waals surface area contributed by atoms with Crippen molar-refractivity contribution in [1.29, 1.82) is 0 Å². The van der Waals surface area contributed by atoms with Gasteiger partial charge in [0.25, 0.3) is 0 Å². The Bertz CT molecular complexity index is 252. The average molecular weight is 216 g/mol. The van der Waals surface area contributed by atoms with Crippen LogP contribution in [0.2, 0.25) is 0 Å². The summed E-state index contributed by atoms with van der Waals surface area (Å²) in [5.74, 6) is 0.808. The first-order chi connectivity index (χ1) is 5.20. The van der Waals surface area contributed by atoms with Gasteiger partial charge in [0.15, 0.2) is 0 Å². The van der Waals surface area contributed by atoms with Crippen molar-refractivity contribution in [2.24, 2.45) is 5.73 Å². The molecule has 1 rings (SSSR count). The van der Waals surface area contributed by atoms with Crippen molar-refractivity contribution in [1.82, 2.24) is 0 Å². The van der Waals surface area contributed by atoms with Crippen LogP contribution in [0.4, 0.5) is 0 Å². The zero-order valence-electron chi connectivity index (χ0n) is 6.25. The van der Waals surface area contributed by atoms with Crippen molar-refractivity contribution in [2.75, 3.05) is 0 Å². The average Bonchev–Trinajstić information content (AvgIpc) is 2.31. The highest BCUT2D eigenvalue weighted by Gasteiger charge is 1.97. The summed E-state index contributed by atoms with van der Waals surface area (Å²) >= 11 is 3.33. The Morgan fingerprint density at radius 2 is 2.45 bits per heavy atom. The molecule has 1 unspecified atom stereocenters.